The summed E-state index contributed by atoms with van der Waals surface area (Å²) in [6, 6.07) is 7.63. The number of likely N-dealkylation sites (tertiary alicyclic amines) is 1. The maximum absolute atomic E-state index is 11.8. The summed E-state index contributed by atoms with van der Waals surface area (Å²) in [5, 5.41) is 6.08. The molecular formula is C15H22BrN3O. The van der Waals surface area contributed by atoms with Gasteiger partial charge in [-0.15, -0.1) is 0 Å². The number of para-hydroxylation sites is 1. The molecule has 2 N–H and O–H groups in total. The number of anilines is 1. The summed E-state index contributed by atoms with van der Waals surface area (Å²) >= 11 is 3.41. The zero-order valence-corrected chi connectivity index (χ0v) is 13.3. The van der Waals surface area contributed by atoms with Crippen LogP contribution in [0.1, 0.15) is 19.3 Å². The predicted molar refractivity (Wildman–Crippen MR) is 85.9 cm³/mol. The number of carbonyl (C=O) groups excluding carboxylic acids is 1. The Balaban J connectivity index is 1.57. The molecule has 0 radical (unpaired) electrons. The van der Waals surface area contributed by atoms with E-state index in [9.17, 15) is 4.79 Å². The van der Waals surface area contributed by atoms with Crippen LogP contribution in [0, 0.1) is 0 Å². The van der Waals surface area contributed by atoms with Gasteiger partial charge in [-0.1, -0.05) is 12.1 Å². The van der Waals surface area contributed by atoms with E-state index in [0.29, 0.717) is 6.54 Å². The number of nitrogens with one attached hydrogen (secondary N) is 2. The number of hydrogen-bond donors (Lipinski definition) is 2. The Labute approximate surface area is 129 Å². The fourth-order valence-electron chi connectivity index (χ4n) is 2.39. The number of benzene rings is 1. The second kappa shape index (κ2) is 8.39. The molecule has 5 heteroatoms. The van der Waals surface area contributed by atoms with Gasteiger partial charge in [-0.25, -0.2) is 0 Å². The minimum Gasteiger partial charge on any atom is -0.324 e. The Kier molecular flexibility index (Phi) is 6.50. The summed E-state index contributed by atoms with van der Waals surface area (Å²) in [5.74, 6) is -0.00178. The monoisotopic (exact) mass is 339 g/mol. The van der Waals surface area contributed by atoms with E-state index in [4.69, 9.17) is 0 Å². The van der Waals surface area contributed by atoms with Crippen molar-refractivity contribution < 1.29 is 4.79 Å². The van der Waals surface area contributed by atoms with E-state index in [1.807, 2.05) is 24.3 Å². The van der Waals surface area contributed by atoms with E-state index < -0.39 is 0 Å². The molecule has 1 fully saturated rings. The molecule has 0 bridgehead atoms. The maximum Gasteiger partial charge on any atom is 0.238 e. The molecular weight excluding hydrogens is 318 g/mol. The zero-order chi connectivity index (χ0) is 14.2. The number of hydrogen-bond acceptors (Lipinski definition) is 3. The van der Waals surface area contributed by atoms with Crippen LogP contribution < -0.4 is 10.6 Å². The second-order valence-electron chi connectivity index (χ2n) is 5.11. The number of nitrogens with zero attached hydrogens (tertiary/aromatic N) is 1. The number of halogens is 1. The first-order chi connectivity index (χ1) is 9.75. The molecule has 110 valence electrons. The van der Waals surface area contributed by atoms with Crippen LogP contribution in [0.2, 0.25) is 0 Å². The van der Waals surface area contributed by atoms with E-state index in [2.05, 4.69) is 31.5 Å². The highest BCUT2D eigenvalue weighted by Gasteiger charge is 2.10. The van der Waals surface area contributed by atoms with Gasteiger partial charge in [0.2, 0.25) is 5.91 Å². The molecule has 0 saturated carbocycles. The zero-order valence-electron chi connectivity index (χ0n) is 11.7. The molecule has 0 aliphatic carbocycles. The van der Waals surface area contributed by atoms with Crippen LogP contribution in [0.3, 0.4) is 0 Å². The van der Waals surface area contributed by atoms with Crippen LogP contribution in [0.4, 0.5) is 5.69 Å². The Morgan fingerprint density at radius 2 is 2.00 bits per heavy atom. The molecule has 1 aromatic rings. The Morgan fingerprint density at radius 1 is 1.25 bits per heavy atom. The third-order valence-electron chi connectivity index (χ3n) is 3.46. The maximum atomic E-state index is 11.8. The molecule has 20 heavy (non-hydrogen) atoms. The first-order valence-corrected chi connectivity index (χ1v) is 8.02. The molecule has 1 aromatic carbocycles. The molecule has 4 nitrogen and oxygen atoms in total. The van der Waals surface area contributed by atoms with E-state index >= 15 is 0 Å². The van der Waals surface area contributed by atoms with Crippen LogP contribution in [0.25, 0.3) is 0 Å². The first-order valence-electron chi connectivity index (χ1n) is 7.23. The molecule has 0 unspecified atom stereocenters. The smallest absolute Gasteiger partial charge is 0.238 e. The summed E-state index contributed by atoms with van der Waals surface area (Å²) in [7, 11) is 0. The SMILES string of the molecule is O=C(CNCCCN1CCCC1)Nc1ccccc1Br. The quantitative estimate of drug-likeness (QED) is 0.750. The van der Waals surface area contributed by atoms with Gasteiger partial charge < -0.3 is 15.5 Å². The fourth-order valence-corrected chi connectivity index (χ4v) is 2.78. The fraction of sp³-hybridized carbons (Fsp3) is 0.533. The van der Waals surface area contributed by atoms with Crippen molar-refractivity contribution in [3.05, 3.63) is 28.7 Å². The van der Waals surface area contributed by atoms with E-state index in [1.165, 1.54) is 25.9 Å². The summed E-state index contributed by atoms with van der Waals surface area (Å²) < 4.78 is 0.905. The van der Waals surface area contributed by atoms with Crippen molar-refractivity contribution in [3.63, 3.8) is 0 Å². The molecule has 1 aliphatic heterocycles. The van der Waals surface area contributed by atoms with Gasteiger partial charge in [-0.2, -0.15) is 0 Å². The molecule has 0 aromatic heterocycles. The Hall–Kier alpha value is -0.910. The predicted octanol–water partition coefficient (Wildman–Crippen LogP) is 2.46. The first kappa shape index (κ1) is 15.5. The molecule has 1 aliphatic rings. The van der Waals surface area contributed by atoms with E-state index in [-0.39, 0.29) is 5.91 Å². The topological polar surface area (TPSA) is 44.4 Å². The van der Waals surface area contributed by atoms with Crippen molar-refractivity contribution in [2.75, 3.05) is 38.0 Å². The normalized spacial score (nSPS) is 15.4. The minimum absolute atomic E-state index is 0.00178. The highest BCUT2D eigenvalue weighted by atomic mass is 79.9. The molecule has 2 rings (SSSR count). The number of rotatable bonds is 7. The van der Waals surface area contributed by atoms with Gasteiger partial charge in [0.15, 0.2) is 0 Å². The summed E-state index contributed by atoms with van der Waals surface area (Å²) in [6.07, 6.45) is 3.77. The van der Waals surface area contributed by atoms with Crippen LogP contribution in [-0.4, -0.2) is 43.5 Å². The summed E-state index contributed by atoms with van der Waals surface area (Å²) in [5.41, 5.74) is 0.816. The van der Waals surface area contributed by atoms with Gasteiger partial charge in [-0.3, -0.25) is 4.79 Å². The summed E-state index contributed by atoms with van der Waals surface area (Å²) in [4.78, 5) is 14.3. The van der Waals surface area contributed by atoms with Crippen LogP contribution >= 0.6 is 15.9 Å². The Bertz CT molecular complexity index is 433. The lowest BCUT2D eigenvalue weighted by Crippen LogP contribution is -2.31. The lowest BCUT2D eigenvalue weighted by Gasteiger charge is -2.14. The number of carbonyl (C=O) groups is 1. The molecule has 1 heterocycles. The average molecular weight is 340 g/mol. The van der Waals surface area contributed by atoms with Gasteiger partial charge in [0, 0.05) is 4.47 Å². The standard InChI is InChI=1S/C15H22BrN3O/c16-13-6-1-2-7-14(13)18-15(20)12-17-8-5-11-19-9-3-4-10-19/h1-2,6-7,17H,3-5,8-12H2,(H,18,20). The minimum atomic E-state index is -0.00178. The van der Waals surface area contributed by atoms with Crippen molar-refractivity contribution in [1.82, 2.24) is 10.2 Å². The van der Waals surface area contributed by atoms with Crippen molar-refractivity contribution in [2.24, 2.45) is 0 Å². The van der Waals surface area contributed by atoms with Gasteiger partial charge in [0.05, 0.1) is 12.2 Å². The van der Waals surface area contributed by atoms with Gasteiger partial charge in [-0.05, 0) is 73.5 Å². The highest BCUT2D eigenvalue weighted by Crippen LogP contribution is 2.20. The van der Waals surface area contributed by atoms with Crippen LogP contribution in [-0.2, 0) is 4.79 Å². The lowest BCUT2D eigenvalue weighted by atomic mass is 10.3. The van der Waals surface area contributed by atoms with E-state index in [1.54, 1.807) is 0 Å². The molecule has 1 saturated heterocycles. The van der Waals surface area contributed by atoms with E-state index in [0.717, 1.165) is 29.7 Å². The van der Waals surface area contributed by atoms with Crippen molar-refractivity contribution in [3.8, 4) is 0 Å². The van der Waals surface area contributed by atoms with Crippen molar-refractivity contribution in [2.45, 2.75) is 19.3 Å². The molecule has 0 spiro atoms. The highest BCUT2D eigenvalue weighted by molar-refractivity contribution is 9.10. The van der Waals surface area contributed by atoms with Crippen LogP contribution in [0.5, 0.6) is 0 Å². The summed E-state index contributed by atoms with van der Waals surface area (Å²) in [6.45, 7) is 4.87. The third-order valence-corrected chi connectivity index (χ3v) is 4.15. The van der Waals surface area contributed by atoms with Gasteiger partial charge >= 0.3 is 0 Å². The molecule has 0 atom stereocenters. The van der Waals surface area contributed by atoms with Gasteiger partial charge in [0.1, 0.15) is 0 Å². The average Bonchev–Trinajstić information content (AvgIpc) is 2.94. The van der Waals surface area contributed by atoms with Gasteiger partial charge in [0.25, 0.3) is 0 Å². The van der Waals surface area contributed by atoms with Crippen molar-refractivity contribution in [1.29, 1.82) is 0 Å². The second-order valence-corrected chi connectivity index (χ2v) is 5.96. The molecule has 1 amide bonds. The Morgan fingerprint density at radius 3 is 2.75 bits per heavy atom. The third kappa shape index (κ3) is 5.23. The number of amides is 1. The largest absolute Gasteiger partial charge is 0.324 e. The van der Waals surface area contributed by atoms with Crippen molar-refractivity contribution >= 4 is 27.5 Å². The van der Waals surface area contributed by atoms with Crippen LogP contribution in [0.15, 0.2) is 28.7 Å². The lowest BCUT2D eigenvalue weighted by molar-refractivity contribution is -0.115.